The van der Waals surface area contributed by atoms with E-state index in [-0.39, 0.29) is 28.4 Å². The van der Waals surface area contributed by atoms with Crippen molar-refractivity contribution in [1.29, 1.82) is 0 Å². The van der Waals surface area contributed by atoms with Crippen molar-refractivity contribution in [2.45, 2.75) is 13.0 Å². The van der Waals surface area contributed by atoms with Crippen molar-refractivity contribution >= 4 is 22.6 Å². The van der Waals surface area contributed by atoms with Crippen LogP contribution in [0.1, 0.15) is 11.4 Å². The number of para-hydroxylation sites is 2. The van der Waals surface area contributed by atoms with Gasteiger partial charge in [-0.3, -0.25) is 0 Å². The molecular weight excluding hydrogens is 396 g/mol. The smallest absolute Gasteiger partial charge is 0.133 e. The van der Waals surface area contributed by atoms with Gasteiger partial charge in [-0.15, -0.1) is 0 Å². The van der Waals surface area contributed by atoms with Gasteiger partial charge in [0, 0.05) is 25.6 Å². The third-order valence-electron chi connectivity index (χ3n) is 4.73. The lowest BCUT2D eigenvalue weighted by atomic mass is 10.0. The van der Waals surface area contributed by atoms with Gasteiger partial charge in [-0.05, 0) is 42.0 Å². The van der Waals surface area contributed by atoms with Crippen LogP contribution in [0.4, 0.5) is 8.78 Å². The molecule has 0 radical (unpaired) electrons. The highest BCUT2D eigenvalue weighted by molar-refractivity contribution is 6.29. The van der Waals surface area contributed by atoms with Crippen LogP contribution in [-0.2, 0) is 17.7 Å². The van der Waals surface area contributed by atoms with Gasteiger partial charge in [0.2, 0.25) is 0 Å². The Bertz CT molecular complexity index is 1180. The van der Waals surface area contributed by atoms with Gasteiger partial charge >= 0.3 is 0 Å². The van der Waals surface area contributed by atoms with E-state index in [4.69, 9.17) is 16.3 Å². The predicted octanol–water partition coefficient (Wildman–Crippen LogP) is 5.27. The Morgan fingerprint density at radius 1 is 1.00 bits per heavy atom. The molecule has 29 heavy (non-hydrogen) atoms. The normalized spacial score (nSPS) is 11.3. The summed E-state index contributed by atoms with van der Waals surface area (Å²) in [5, 5.41) is 0.221. The zero-order valence-electron chi connectivity index (χ0n) is 15.7. The molecule has 0 N–H and O–H groups in total. The number of nitrogens with zero attached hydrogens (tertiary/aromatic N) is 3. The van der Waals surface area contributed by atoms with Gasteiger partial charge in [0.15, 0.2) is 0 Å². The van der Waals surface area contributed by atoms with E-state index in [0.29, 0.717) is 19.0 Å². The van der Waals surface area contributed by atoms with Gasteiger partial charge in [-0.25, -0.2) is 18.7 Å². The number of rotatable bonds is 6. The van der Waals surface area contributed by atoms with Crippen molar-refractivity contribution in [3.63, 3.8) is 0 Å². The Morgan fingerprint density at radius 2 is 1.83 bits per heavy atom. The summed E-state index contributed by atoms with van der Waals surface area (Å²) in [6, 6.07) is 14.8. The van der Waals surface area contributed by atoms with Gasteiger partial charge < -0.3 is 9.30 Å². The fourth-order valence-corrected chi connectivity index (χ4v) is 3.50. The largest absolute Gasteiger partial charge is 0.383 e. The second-order valence-corrected chi connectivity index (χ2v) is 6.99. The van der Waals surface area contributed by atoms with Crippen LogP contribution in [-0.4, -0.2) is 28.3 Å². The van der Waals surface area contributed by atoms with E-state index < -0.39 is 11.6 Å². The van der Waals surface area contributed by atoms with Crippen molar-refractivity contribution in [3.05, 3.63) is 82.8 Å². The van der Waals surface area contributed by atoms with E-state index in [2.05, 4.69) is 9.97 Å². The molecule has 4 nitrogen and oxygen atoms in total. The van der Waals surface area contributed by atoms with E-state index in [9.17, 15) is 8.78 Å². The molecule has 0 unspecified atom stereocenters. The van der Waals surface area contributed by atoms with E-state index >= 15 is 0 Å². The molecule has 2 heterocycles. The van der Waals surface area contributed by atoms with Crippen LogP contribution in [0, 0.1) is 11.6 Å². The Labute approximate surface area is 171 Å². The monoisotopic (exact) mass is 413 g/mol. The minimum Gasteiger partial charge on any atom is -0.383 e. The maximum absolute atomic E-state index is 14.9. The first-order valence-electron chi connectivity index (χ1n) is 9.10. The summed E-state index contributed by atoms with van der Waals surface area (Å²) >= 11 is 5.87. The van der Waals surface area contributed by atoms with Crippen LogP contribution < -0.4 is 0 Å². The van der Waals surface area contributed by atoms with Crippen molar-refractivity contribution in [1.82, 2.24) is 14.5 Å². The van der Waals surface area contributed by atoms with E-state index in [1.54, 1.807) is 25.3 Å². The Kier molecular flexibility index (Phi) is 5.56. The first-order chi connectivity index (χ1) is 14.1. The van der Waals surface area contributed by atoms with Crippen LogP contribution >= 0.6 is 11.6 Å². The molecule has 4 rings (SSSR count). The van der Waals surface area contributed by atoms with Crippen LogP contribution in [0.15, 0.2) is 54.6 Å². The lowest BCUT2D eigenvalue weighted by molar-refractivity contribution is 0.187. The number of hydrogen-bond donors (Lipinski definition) is 0. The lowest BCUT2D eigenvalue weighted by Crippen LogP contribution is -2.09. The number of halogens is 3. The molecule has 0 amide bonds. The molecule has 0 saturated carbocycles. The van der Waals surface area contributed by atoms with E-state index in [0.717, 1.165) is 17.1 Å². The third-order valence-corrected chi connectivity index (χ3v) is 4.94. The average molecular weight is 414 g/mol. The van der Waals surface area contributed by atoms with Gasteiger partial charge in [-0.1, -0.05) is 29.8 Å². The highest BCUT2D eigenvalue weighted by atomic mass is 35.5. The molecule has 0 atom stereocenters. The minimum absolute atomic E-state index is 0.0710. The topological polar surface area (TPSA) is 39.9 Å². The van der Waals surface area contributed by atoms with Crippen LogP contribution in [0.5, 0.6) is 0 Å². The SMILES string of the molecule is COCCn1c(Cc2cc(F)c(-c3cccc(Cl)n3)cc2F)nc2ccccc21. The molecule has 0 bridgehead atoms. The molecular formula is C22H18ClF2N3O. The summed E-state index contributed by atoms with van der Waals surface area (Å²) in [6.45, 7) is 1.06. The lowest BCUT2D eigenvalue weighted by Gasteiger charge is -2.11. The number of aromatic nitrogens is 3. The molecule has 7 heteroatoms. The molecule has 2 aromatic heterocycles. The highest BCUT2D eigenvalue weighted by Crippen LogP contribution is 2.27. The molecule has 0 saturated heterocycles. The van der Waals surface area contributed by atoms with E-state index in [1.165, 1.54) is 6.07 Å². The van der Waals surface area contributed by atoms with Gasteiger partial charge in [0.05, 0.1) is 23.3 Å². The van der Waals surface area contributed by atoms with Gasteiger partial charge in [-0.2, -0.15) is 0 Å². The number of fused-ring (bicyclic) bond motifs is 1. The van der Waals surface area contributed by atoms with Gasteiger partial charge in [0.1, 0.15) is 22.6 Å². The molecule has 148 valence electrons. The standard InChI is InChI=1S/C22H18ClF2N3O/c1-29-10-9-28-20-7-3-2-5-19(20)27-22(28)12-14-11-17(25)15(13-16(14)24)18-6-4-8-21(23)26-18/h2-8,11,13H,9-10,12H2,1H3. The Morgan fingerprint density at radius 3 is 2.62 bits per heavy atom. The number of hydrogen-bond acceptors (Lipinski definition) is 3. The van der Waals surface area contributed by atoms with Crippen molar-refractivity contribution < 1.29 is 13.5 Å². The van der Waals surface area contributed by atoms with Crippen LogP contribution in [0.25, 0.3) is 22.3 Å². The Balaban J connectivity index is 1.72. The zero-order valence-corrected chi connectivity index (χ0v) is 16.5. The third kappa shape index (κ3) is 3.99. The molecule has 2 aromatic carbocycles. The first kappa shape index (κ1) is 19.5. The summed E-state index contributed by atoms with van der Waals surface area (Å²) in [6.07, 6.45) is 0.157. The maximum atomic E-state index is 14.9. The fourth-order valence-electron chi connectivity index (χ4n) is 3.34. The number of imidazole rings is 1. The molecule has 4 aromatic rings. The second kappa shape index (κ2) is 8.27. The summed E-state index contributed by atoms with van der Waals surface area (Å²) < 4.78 is 36.8. The van der Waals surface area contributed by atoms with E-state index in [1.807, 2.05) is 28.8 Å². The number of benzene rings is 2. The number of pyridine rings is 1. The molecule has 0 spiro atoms. The van der Waals surface area contributed by atoms with Crippen LogP contribution in [0.3, 0.4) is 0 Å². The van der Waals surface area contributed by atoms with Crippen molar-refractivity contribution in [2.24, 2.45) is 0 Å². The first-order valence-corrected chi connectivity index (χ1v) is 9.48. The predicted molar refractivity (Wildman–Crippen MR) is 109 cm³/mol. The average Bonchev–Trinajstić information content (AvgIpc) is 3.06. The number of methoxy groups -OCH3 is 1. The molecule has 0 fully saturated rings. The molecule has 0 aliphatic rings. The minimum atomic E-state index is -0.560. The van der Waals surface area contributed by atoms with Crippen molar-refractivity contribution in [3.8, 4) is 11.3 Å². The molecule has 0 aliphatic carbocycles. The van der Waals surface area contributed by atoms with Crippen molar-refractivity contribution in [2.75, 3.05) is 13.7 Å². The summed E-state index contributed by atoms with van der Waals surface area (Å²) in [4.78, 5) is 8.68. The highest BCUT2D eigenvalue weighted by Gasteiger charge is 2.17. The van der Waals surface area contributed by atoms with Crippen LogP contribution in [0.2, 0.25) is 5.15 Å². The number of ether oxygens (including phenoxy) is 1. The molecule has 0 aliphatic heterocycles. The summed E-state index contributed by atoms with van der Waals surface area (Å²) in [7, 11) is 1.62. The quantitative estimate of drug-likeness (QED) is 0.404. The summed E-state index contributed by atoms with van der Waals surface area (Å²) in [5.41, 5.74) is 2.32. The Hall–Kier alpha value is -2.83. The zero-order chi connectivity index (χ0) is 20.4. The second-order valence-electron chi connectivity index (χ2n) is 6.61. The van der Waals surface area contributed by atoms with Gasteiger partial charge in [0.25, 0.3) is 0 Å². The maximum Gasteiger partial charge on any atom is 0.133 e. The summed E-state index contributed by atoms with van der Waals surface area (Å²) in [5.74, 6) is -0.431. The fraction of sp³-hybridized carbons (Fsp3) is 0.182.